The molecule has 6 nitrogen and oxygen atoms in total. The number of hydrogen-bond acceptors (Lipinski definition) is 4. The zero-order valence-electron chi connectivity index (χ0n) is 15.4. The van der Waals surface area contributed by atoms with E-state index in [1.54, 1.807) is 0 Å². The third-order valence-electron chi connectivity index (χ3n) is 4.87. The number of carbonyl (C=O) groups is 1. The van der Waals surface area contributed by atoms with Gasteiger partial charge in [-0.15, -0.1) is 10.2 Å². The summed E-state index contributed by atoms with van der Waals surface area (Å²) in [4.78, 5) is 12.4. The van der Waals surface area contributed by atoms with Crippen molar-refractivity contribution >= 4 is 39.3 Å². The molecule has 1 saturated carbocycles. The molecule has 1 aliphatic carbocycles. The van der Waals surface area contributed by atoms with Crippen molar-refractivity contribution in [3.63, 3.8) is 0 Å². The van der Waals surface area contributed by atoms with Gasteiger partial charge in [0.25, 0.3) is 0 Å². The van der Waals surface area contributed by atoms with Crippen molar-refractivity contribution in [3.8, 4) is 0 Å². The number of anilines is 1. The summed E-state index contributed by atoms with van der Waals surface area (Å²) in [6, 6.07) is 11.5. The Morgan fingerprint density at radius 3 is 2.68 bits per heavy atom. The lowest BCUT2D eigenvalue weighted by Crippen LogP contribution is -2.18. The zero-order chi connectivity index (χ0) is 19.3. The molecule has 1 aromatic carbocycles. The minimum absolute atomic E-state index is 0.0654. The van der Waals surface area contributed by atoms with E-state index in [-0.39, 0.29) is 11.7 Å². The standard InChI is InChI=1S/C20H22BrN5OS/c21-16-9-6-10-17(13-16)22-18(27)14-28-20-24-23-19(15-7-2-1-3-8-15)26(20)25-11-4-5-12-25/h4-6,9-13,15H,1-3,7-8,14H2,(H,22,27). The van der Waals surface area contributed by atoms with Gasteiger partial charge >= 0.3 is 0 Å². The maximum absolute atomic E-state index is 12.4. The van der Waals surface area contributed by atoms with Gasteiger partial charge in [-0.25, -0.2) is 4.68 Å². The van der Waals surface area contributed by atoms with Gasteiger partial charge in [0.2, 0.25) is 11.1 Å². The molecule has 2 heterocycles. The van der Waals surface area contributed by atoms with Crippen molar-refractivity contribution in [2.45, 2.75) is 43.2 Å². The highest BCUT2D eigenvalue weighted by molar-refractivity contribution is 9.10. The summed E-state index contributed by atoms with van der Waals surface area (Å²) in [7, 11) is 0. The second-order valence-electron chi connectivity index (χ2n) is 6.90. The molecule has 28 heavy (non-hydrogen) atoms. The van der Waals surface area contributed by atoms with Gasteiger partial charge in [0, 0.05) is 28.5 Å². The summed E-state index contributed by atoms with van der Waals surface area (Å²) in [5.74, 6) is 1.63. The second-order valence-corrected chi connectivity index (χ2v) is 8.76. The molecule has 0 unspecified atom stereocenters. The van der Waals surface area contributed by atoms with Crippen molar-refractivity contribution in [2.75, 3.05) is 11.1 Å². The Hall–Kier alpha value is -2.06. The number of thioether (sulfide) groups is 1. The van der Waals surface area contributed by atoms with Crippen LogP contribution in [0.5, 0.6) is 0 Å². The normalized spacial score (nSPS) is 14.9. The van der Waals surface area contributed by atoms with Crippen molar-refractivity contribution in [2.24, 2.45) is 0 Å². The van der Waals surface area contributed by atoms with Gasteiger partial charge in [0.15, 0.2) is 5.82 Å². The summed E-state index contributed by atoms with van der Waals surface area (Å²) in [6.45, 7) is 0. The minimum Gasteiger partial charge on any atom is -0.325 e. The Labute approximate surface area is 176 Å². The van der Waals surface area contributed by atoms with E-state index in [4.69, 9.17) is 0 Å². The highest BCUT2D eigenvalue weighted by Crippen LogP contribution is 2.33. The smallest absolute Gasteiger partial charge is 0.234 e. The van der Waals surface area contributed by atoms with Gasteiger partial charge in [0.05, 0.1) is 5.75 Å². The van der Waals surface area contributed by atoms with Crippen LogP contribution in [-0.4, -0.2) is 31.2 Å². The van der Waals surface area contributed by atoms with E-state index in [1.165, 1.54) is 31.0 Å². The van der Waals surface area contributed by atoms with Crippen LogP contribution in [0.3, 0.4) is 0 Å². The molecule has 1 amide bonds. The molecule has 0 spiro atoms. The largest absolute Gasteiger partial charge is 0.325 e. The van der Waals surface area contributed by atoms with E-state index in [0.29, 0.717) is 5.92 Å². The van der Waals surface area contributed by atoms with Crippen LogP contribution >= 0.6 is 27.7 Å². The Kier molecular flexibility index (Phi) is 6.17. The van der Waals surface area contributed by atoms with E-state index in [0.717, 1.165) is 34.0 Å². The van der Waals surface area contributed by atoms with E-state index in [2.05, 4.69) is 31.4 Å². The molecule has 146 valence electrons. The number of carbonyl (C=O) groups excluding carboxylic acids is 1. The molecule has 2 aromatic heterocycles. The number of nitrogens with zero attached hydrogens (tertiary/aromatic N) is 4. The predicted octanol–water partition coefficient (Wildman–Crippen LogP) is 4.93. The molecule has 1 N–H and O–H groups in total. The van der Waals surface area contributed by atoms with Crippen molar-refractivity contribution in [1.82, 2.24) is 19.5 Å². The number of nitrogens with one attached hydrogen (secondary N) is 1. The fourth-order valence-corrected chi connectivity index (χ4v) is 4.69. The minimum atomic E-state index is -0.0654. The molecule has 4 rings (SSSR count). The average molecular weight is 460 g/mol. The molecule has 0 bridgehead atoms. The van der Waals surface area contributed by atoms with Crippen molar-refractivity contribution < 1.29 is 4.79 Å². The Morgan fingerprint density at radius 1 is 1.14 bits per heavy atom. The quantitative estimate of drug-likeness (QED) is 0.530. The monoisotopic (exact) mass is 459 g/mol. The summed E-state index contributed by atoms with van der Waals surface area (Å²) < 4.78 is 4.98. The molecule has 0 radical (unpaired) electrons. The maximum atomic E-state index is 12.4. The average Bonchev–Trinajstić information content (AvgIpc) is 3.36. The van der Waals surface area contributed by atoms with Gasteiger partial charge in [0.1, 0.15) is 0 Å². The first-order valence-electron chi connectivity index (χ1n) is 9.48. The van der Waals surface area contributed by atoms with E-state index >= 15 is 0 Å². The Bertz CT molecular complexity index is 934. The van der Waals surface area contributed by atoms with Gasteiger partial charge in [-0.3, -0.25) is 9.47 Å². The highest BCUT2D eigenvalue weighted by Gasteiger charge is 2.24. The highest BCUT2D eigenvalue weighted by atomic mass is 79.9. The lowest BCUT2D eigenvalue weighted by Gasteiger charge is -2.22. The van der Waals surface area contributed by atoms with Gasteiger partial charge in [-0.2, -0.15) is 0 Å². The fourth-order valence-electron chi connectivity index (χ4n) is 3.55. The fraction of sp³-hybridized carbons (Fsp3) is 0.350. The third-order valence-corrected chi connectivity index (χ3v) is 6.28. The lowest BCUT2D eigenvalue weighted by molar-refractivity contribution is -0.113. The van der Waals surface area contributed by atoms with E-state index in [9.17, 15) is 4.79 Å². The number of aromatic nitrogens is 4. The third kappa shape index (κ3) is 4.50. The molecular weight excluding hydrogens is 438 g/mol. The second kappa shape index (κ2) is 8.96. The van der Waals surface area contributed by atoms with E-state index in [1.807, 2.05) is 58.1 Å². The number of benzene rings is 1. The zero-order valence-corrected chi connectivity index (χ0v) is 17.8. The maximum Gasteiger partial charge on any atom is 0.234 e. The first kappa shape index (κ1) is 19.3. The summed E-state index contributed by atoms with van der Waals surface area (Å²) in [6.07, 6.45) is 10.0. The van der Waals surface area contributed by atoms with Crippen LogP contribution in [-0.2, 0) is 4.79 Å². The SMILES string of the molecule is O=C(CSc1nnc(C2CCCCC2)n1-n1cccc1)Nc1cccc(Br)c1. The topological polar surface area (TPSA) is 64.7 Å². The molecule has 0 aliphatic heterocycles. The molecule has 1 fully saturated rings. The first-order valence-corrected chi connectivity index (χ1v) is 11.3. The number of rotatable bonds is 6. The Morgan fingerprint density at radius 2 is 1.93 bits per heavy atom. The van der Waals surface area contributed by atoms with Crippen LogP contribution in [0.4, 0.5) is 5.69 Å². The van der Waals surface area contributed by atoms with Crippen molar-refractivity contribution in [3.05, 3.63) is 59.1 Å². The predicted molar refractivity (Wildman–Crippen MR) is 115 cm³/mol. The van der Waals surface area contributed by atoms with Gasteiger partial charge in [-0.1, -0.05) is 53.0 Å². The number of hydrogen-bond donors (Lipinski definition) is 1. The molecular formula is C20H22BrN5OS. The summed E-state index contributed by atoms with van der Waals surface area (Å²) in [5.41, 5.74) is 0.773. The van der Waals surface area contributed by atoms with Crippen LogP contribution in [0.1, 0.15) is 43.8 Å². The number of amides is 1. The lowest BCUT2D eigenvalue weighted by atomic mass is 9.89. The van der Waals surface area contributed by atoms with Crippen molar-refractivity contribution in [1.29, 1.82) is 0 Å². The Balaban J connectivity index is 1.49. The van der Waals surface area contributed by atoms with Crippen LogP contribution in [0.2, 0.25) is 0 Å². The molecule has 1 aliphatic rings. The summed E-state index contributed by atoms with van der Waals surface area (Å²) >= 11 is 4.83. The van der Waals surface area contributed by atoms with Crippen LogP contribution in [0.15, 0.2) is 58.4 Å². The van der Waals surface area contributed by atoms with Gasteiger partial charge in [-0.05, 0) is 43.2 Å². The number of halogens is 1. The first-order chi connectivity index (χ1) is 13.7. The summed E-state index contributed by atoms with van der Waals surface area (Å²) in [5, 5.41) is 12.6. The van der Waals surface area contributed by atoms with Crippen LogP contribution < -0.4 is 5.32 Å². The molecule has 0 atom stereocenters. The van der Waals surface area contributed by atoms with Crippen LogP contribution in [0.25, 0.3) is 0 Å². The van der Waals surface area contributed by atoms with E-state index < -0.39 is 0 Å². The molecule has 0 saturated heterocycles. The molecule has 8 heteroatoms. The van der Waals surface area contributed by atoms with Gasteiger partial charge < -0.3 is 5.32 Å². The molecule has 3 aromatic rings. The van der Waals surface area contributed by atoms with Crippen LogP contribution in [0, 0.1) is 0 Å².